The molecule has 0 fully saturated rings. The molecule has 11 heteroatoms. The molecule has 178 valence electrons. The van der Waals surface area contributed by atoms with Crippen LogP contribution in [0.3, 0.4) is 0 Å². The van der Waals surface area contributed by atoms with Gasteiger partial charge in [0.2, 0.25) is 0 Å². The summed E-state index contributed by atoms with van der Waals surface area (Å²) in [5, 5.41) is 10.1. The van der Waals surface area contributed by atoms with Gasteiger partial charge in [0, 0.05) is 31.1 Å². The molecule has 0 aromatic heterocycles. The standard InChI is InChI=1S/C22H24ClFN2O6S/c1-11-6-7-16(24)18(12(11)2)13(3)19(22(28)29)26-10-32-17-9-14(23)8-15(21(27)25(4)5)20(17)33(26,30)31/h6-9,13,19H,10H2,1-5H3,(H,28,29)/t13?,19-/m0/s1. The number of hydrogen-bond donors (Lipinski definition) is 1. The summed E-state index contributed by atoms with van der Waals surface area (Å²) in [6.07, 6.45) is 0. The van der Waals surface area contributed by atoms with Gasteiger partial charge >= 0.3 is 5.97 Å². The lowest BCUT2D eigenvalue weighted by Gasteiger charge is -2.36. The molecule has 0 bridgehead atoms. The van der Waals surface area contributed by atoms with Gasteiger partial charge in [0.05, 0.1) is 5.56 Å². The minimum Gasteiger partial charge on any atom is -0.480 e. The molecule has 2 atom stereocenters. The number of hydrogen-bond acceptors (Lipinski definition) is 5. The van der Waals surface area contributed by atoms with Crippen molar-refractivity contribution in [3.8, 4) is 5.75 Å². The summed E-state index contributed by atoms with van der Waals surface area (Å²) in [6, 6.07) is 3.53. The van der Waals surface area contributed by atoms with Crippen LogP contribution in [0.25, 0.3) is 0 Å². The van der Waals surface area contributed by atoms with Crippen molar-refractivity contribution < 1.29 is 32.2 Å². The average Bonchev–Trinajstić information content (AvgIpc) is 2.71. The summed E-state index contributed by atoms with van der Waals surface area (Å²) < 4.78 is 48.3. The number of halogens is 2. The van der Waals surface area contributed by atoms with Crippen molar-refractivity contribution in [3.63, 3.8) is 0 Å². The Hall–Kier alpha value is -2.69. The molecule has 0 aliphatic carbocycles. The van der Waals surface area contributed by atoms with E-state index in [-0.39, 0.29) is 21.9 Å². The predicted molar refractivity (Wildman–Crippen MR) is 120 cm³/mol. The highest BCUT2D eigenvalue weighted by Crippen LogP contribution is 2.40. The summed E-state index contributed by atoms with van der Waals surface area (Å²) >= 11 is 6.06. The Labute approximate surface area is 196 Å². The number of nitrogens with zero attached hydrogens (tertiary/aromatic N) is 2. The highest BCUT2D eigenvalue weighted by atomic mass is 35.5. The molecule has 0 spiro atoms. The number of carboxylic acids is 1. The van der Waals surface area contributed by atoms with Crippen LogP contribution in [0.15, 0.2) is 29.2 Å². The van der Waals surface area contributed by atoms with Crippen molar-refractivity contribution in [2.45, 2.75) is 37.6 Å². The molecule has 1 heterocycles. The van der Waals surface area contributed by atoms with E-state index < -0.39 is 51.3 Å². The number of carboxylic acid groups (broad SMARTS) is 1. The Bertz CT molecular complexity index is 1250. The van der Waals surface area contributed by atoms with E-state index in [1.807, 2.05) is 0 Å². The van der Waals surface area contributed by atoms with Gasteiger partial charge in [-0.05, 0) is 42.7 Å². The molecule has 1 aliphatic rings. The Morgan fingerprint density at radius 3 is 2.45 bits per heavy atom. The maximum Gasteiger partial charge on any atom is 0.322 e. The first-order valence-corrected chi connectivity index (χ1v) is 11.8. The molecule has 3 rings (SSSR count). The number of fused-ring (bicyclic) bond motifs is 1. The van der Waals surface area contributed by atoms with Gasteiger partial charge < -0.3 is 14.7 Å². The number of amides is 1. The van der Waals surface area contributed by atoms with E-state index in [0.29, 0.717) is 9.87 Å². The number of rotatable bonds is 5. The number of aryl methyl sites for hydroxylation is 1. The molecule has 1 unspecified atom stereocenters. The lowest BCUT2D eigenvalue weighted by Crippen LogP contribution is -2.52. The number of sulfonamides is 1. The highest BCUT2D eigenvalue weighted by Gasteiger charge is 2.46. The largest absolute Gasteiger partial charge is 0.480 e. The summed E-state index contributed by atoms with van der Waals surface area (Å²) in [7, 11) is -1.66. The topological polar surface area (TPSA) is 104 Å². The minimum absolute atomic E-state index is 0.0863. The fourth-order valence-corrected chi connectivity index (χ4v) is 6.00. The van der Waals surface area contributed by atoms with E-state index in [1.165, 1.54) is 44.1 Å². The average molecular weight is 499 g/mol. The van der Waals surface area contributed by atoms with Crippen LogP contribution < -0.4 is 4.74 Å². The van der Waals surface area contributed by atoms with Crippen molar-refractivity contribution in [1.29, 1.82) is 0 Å². The molecule has 1 aliphatic heterocycles. The van der Waals surface area contributed by atoms with E-state index in [2.05, 4.69) is 0 Å². The van der Waals surface area contributed by atoms with E-state index in [0.717, 1.165) is 5.56 Å². The maximum atomic E-state index is 14.7. The van der Waals surface area contributed by atoms with Gasteiger partial charge in [-0.3, -0.25) is 9.59 Å². The van der Waals surface area contributed by atoms with Crippen LogP contribution in [-0.2, 0) is 14.8 Å². The zero-order valence-electron chi connectivity index (χ0n) is 18.7. The van der Waals surface area contributed by atoms with Crippen LogP contribution in [0.1, 0.15) is 39.9 Å². The lowest BCUT2D eigenvalue weighted by molar-refractivity contribution is -0.143. The van der Waals surface area contributed by atoms with Gasteiger partial charge in [0.1, 0.15) is 22.5 Å². The molecule has 33 heavy (non-hydrogen) atoms. The number of carbonyl (C=O) groups excluding carboxylic acids is 1. The Kier molecular flexibility index (Phi) is 6.74. The van der Waals surface area contributed by atoms with Crippen LogP contribution >= 0.6 is 11.6 Å². The van der Waals surface area contributed by atoms with E-state index in [9.17, 15) is 27.5 Å². The monoisotopic (exact) mass is 498 g/mol. The van der Waals surface area contributed by atoms with Gasteiger partial charge in [-0.25, -0.2) is 12.8 Å². The first-order chi connectivity index (χ1) is 15.3. The lowest BCUT2D eigenvalue weighted by atomic mass is 9.88. The molecule has 0 radical (unpaired) electrons. The second-order valence-electron chi connectivity index (χ2n) is 8.12. The van der Waals surface area contributed by atoms with E-state index in [4.69, 9.17) is 16.3 Å². The van der Waals surface area contributed by atoms with Crippen molar-refractivity contribution in [2.75, 3.05) is 20.8 Å². The second-order valence-corrected chi connectivity index (χ2v) is 10.4. The SMILES string of the molecule is Cc1ccc(F)c(C(C)[C@@H](C(=O)O)N2COc3cc(Cl)cc(C(=O)N(C)C)c3S2(=O)=O)c1C. The van der Waals surface area contributed by atoms with Crippen LogP contribution in [-0.4, -0.2) is 61.5 Å². The molecule has 1 N–H and O–H groups in total. The molecular formula is C22H24ClFN2O6S. The number of ether oxygens (including phenoxy) is 1. The number of carbonyl (C=O) groups is 2. The third kappa shape index (κ3) is 4.30. The van der Waals surface area contributed by atoms with Crippen LogP contribution in [0.5, 0.6) is 5.75 Å². The van der Waals surface area contributed by atoms with Crippen molar-refractivity contribution in [2.24, 2.45) is 0 Å². The highest BCUT2D eigenvalue weighted by molar-refractivity contribution is 7.89. The Balaban J connectivity index is 2.20. The number of benzene rings is 2. The van der Waals surface area contributed by atoms with Crippen LogP contribution in [0.2, 0.25) is 5.02 Å². The second kappa shape index (κ2) is 8.92. The summed E-state index contributed by atoms with van der Waals surface area (Å²) in [4.78, 5) is 25.7. The van der Waals surface area contributed by atoms with Crippen LogP contribution in [0, 0.1) is 19.7 Å². The summed E-state index contributed by atoms with van der Waals surface area (Å²) in [6.45, 7) is 4.21. The van der Waals surface area contributed by atoms with Gasteiger partial charge in [-0.1, -0.05) is 24.6 Å². The molecule has 1 amide bonds. The molecule has 2 aromatic carbocycles. The maximum absolute atomic E-state index is 14.7. The fraction of sp³-hybridized carbons (Fsp3) is 0.364. The Morgan fingerprint density at radius 2 is 1.88 bits per heavy atom. The van der Waals surface area contributed by atoms with E-state index >= 15 is 0 Å². The van der Waals surface area contributed by atoms with Crippen molar-refractivity contribution in [3.05, 3.63) is 57.4 Å². The van der Waals surface area contributed by atoms with Crippen molar-refractivity contribution >= 4 is 33.5 Å². The predicted octanol–water partition coefficient (Wildman–Crippen LogP) is 3.40. The summed E-state index contributed by atoms with van der Waals surface area (Å²) in [5.74, 6) is -3.99. The quantitative estimate of drug-likeness (QED) is 0.677. The van der Waals surface area contributed by atoms with Crippen LogP contribution in [0.4, 0.5) is 4.39 Å². The first kappa shape index (κ1) is 24.9. The molecule has 0 saturated carbocycles. The molecule has 2 aromatic rings. The smallest absolute Gasteiger partial charge is 0.322 e. The zero-order chi connectivity index (χ0) is 24.8. The van der Waals surface area contributed by atoms with Gasteiger partial charge in [-0.2, -0.15) is 0 Å². The third-order valence-corrected chi connectivity index (χ3v) is 7.90. The Morgan fingerprint density at radius 1 is 1.24 bits per heavy atom. The molecule has 0 saturated heterocycles. The van der Waals surface area contributed by atoms with E-state index in [1.54, 1.807) is 19.9 Å². The third-order valence-electron chi connectivity index (χ3n) is 5.79. The first-order valence-electron chi connectivity index (χ1n) is 9.97. The molecular weight excluding hydrogens is 475 g/mol. The number of aliphatic carboxylic acids is 1. The van der Waals surface area contributed by atoms with Gasteiger partial charge in [-0.15, -0.1) is 4.31 Å². The molecule has 8 nitrogen and oxygen atoms in total. The zero-order valence-corrected chi connectivity index (χ0v) is 20.3. The fourth-order valence-electron chi connectivity index (χ4n) is 4.00. The minimum atomic E-state index is -4.54. The normalized spacial score (nSPS) is 16.9. The van der Waals surface area contributed by atoms with Crippen molar-refractivity contribution in [1.82, 2.24) is 9.21 Å². The van der Waals surface area contributed by atoms with Gasteiger partial charge in [0.15, 0.2) is 6.73 Å². The van der Waals surface area contributed by atoms with Gasteiger partial charge in [0.25, 0.3) is 15.9 Å². The summed E-state index contributed by atoms with van der Waals surface area (Å²) in [5.41, 5.74) is 1.12.